The van der Waals surface area contributed by atoms with Crippen molar-refractivity contribution in [2.45, 2.75) is 12.5 Å². The third-order valence-electron chi connectivity index (χ3n) is 1.96. The fourth-order valence-electron chi connectivity index (χ4n) is 1.12. The lowest BCUT2D eigenvalue weighted by Gasteiger charge is -2.08. The number of aliphatic hydroxyl groups is 1. The first-order chi connectivity index (χ1) is 6.83. The average molecular weight is 195 g/mol. The summed E-state index contributed by atoms with van der Waals surface area (Å²) in [5.41, 5.74) is 6.48. The predicted molar refractivity (Wildman–Crippen MR) is 56.0 cm³/mol. The first-order valence-corrected chi connectivity index (χ1v) is 4.82. The Balaban J connectivity index is 2.10. The van der Waals surface area contributed by atoms with E-state index in [-0.39, 0.29) is 6.54 Å². The van der Waals surface area contributed by atoms with Gasteiger partial charge < -0.3 is 15.6 Å². The highest BCUT2D eigenvalue weighted by molar-refractivity contribution is 5.14. The number of hydrogen-bond donors (Lipinski definition) is 2. The zero-order valence-corrected chi connectivity index (χ0v) is 8.23. The second-order valence-corrected chi connectivity index (χ2v) is 3.20. The summed E-state index contributed by atoms with van der Waals surface area (Å²) in [4.78, 5) is 0. The molecule has 3 heteroatoms. The molecular weight excluding hydrogens is 178 g/mol. The predicted octanol–water partition coefficient (Wildman–Crippen LogP) is 0.565. The molecule has 1 atom stereocenters. The van der Waals surface area contributed by atoms with Crippen molar-refractivity contribution in [2.24, 2.45) is 5.73 Å². The van der Waals surface area contributed by atoms with E-state index in [1.54, 1.807) is 0 Å². The molecule has 1 aromatic carbocycles. The molecule has 0 saturated heterocycles. The van der Waals surface area contributed by atoms with Crippen LogP contribution in [-0.2, 0) is 11.2 Å². The molecule has 0 spiro atoms. The van der Waals surface area contributed by atoms with Crippen LogP contribution >= 0.6 is 0 Å². The fourth-order valence-corrected chi connectivity index (χ4v) is 1.12. The Morgan fingerprint density at radius 1 is 1.29 bits per heavy atom. The van der Waals surface area contributed by atoms with Gasteiger partial charge in [-0.3, -0.25) is 0 Å². The van der Waals surface area contributed by atoms with E-state index in [0.717, 1.165) is 6.42 Å². The number of rotatable bonds is 6. The molecule has 0 aliphatic heterocycles. The van der Waals surface area contributed by atoms with Gasteiger partial charge in [0.2, 0.25) is 0 Å². The van der Waals surface area contributed by atoms with Crippen LogP contribution in [0, 0.1) is 0 Å². The van der Waals surface area contributed by atoms with Crippen molar-refractivity contribution < 1.29 is 9.84 Å². The molecule has 14 heavy (non-hydrogen) atoms. The van der Waals surface area contributed by atoms with Crippen LogP contribution in [0.4, 0.5) is 0 Å². The minimum absolute atomic E-state index is 0.255. The highest BCUT2D eigenvalue weighted by Gasteiger charge is 1.99. The fraction of sp³-hybridized carbons (Fsp3) is 0.455. The molecule has 0 fully saturated rings. The quantitative estimate of drug-likeness (QED) is 0.652. The number of ether oxygens (including phenoxy) is 1. The molecule has 0 radical (unpaired) electrons. The Kier molecular flexibility index (Phi) is 5.22. The van der Waals surface area contributed by atoms with Crippen LogP contribution in [0.3, 0.4) is 0 Å². The van der Waals surface area contributed by atoms with Gasteiger partial charge in [0.05, 0.1) is 19.3 Å². The summed E-state index contributed by atoms with van der Waals surface area (Å²) in [6.45, 7) is 1.20. The van der Waals surface area contributed by atoms with Gasteiger partial charge in [0.1, 0.15) is 0 Å². The monoisotopic (exact) mass is 195 g/mol. The van der Waals surface area contributed by atoms with E-state index >= 15 is 0 Å². The highest BCUT2D eigenvalue weighted by Crippen LogP contribution is 1.99. The molecule has 0 amide bonds. The van der Waals surface area contributed by atoms with Crippen molar-refractivity contribution in [3.63, 3.8) is 0 Å². The molecule has 3 N–H and O–H groups in total. The first-order valence-electron chi connectivity index (χ1n) is 4.82. The summed E-state index contributed by atoms with van der Waals surface area (Å²) in [6, 6.07) is 10.1. The molecule has 0 aromatic heterocycles. The Morgan fingerprint density at radius 2 is 2.00 bits per heavy atom. The molecule has 0 aliphatic rings. The van der Waals surface area contributed by atoms with Gasteiger partial charge in [-0.05, 0) is 12.0 Å². The van der Waals surface area contributed by atoms with E-state index < -0.39 is 6.10 Å². The normalized spacial score (nSPS) is 12.7. The molecule has 0 aliphatic carbocycles. The molecule has 0 saturated carbocycles. The maximum absolute atomic E-state index is 9.11. The second kappa shape index (κ2) is 6.54. The maximum atomic E-state index is 9.11. The molecule has 3 nitrogen and oxygen atoms in total. The van der Waals surface area contributed by atoms with Crippen LogP contribution in [0.5, 0.6) is 0 Å². The van der Waals surface area contributed by atoms with E-state index in [0.29, 0.717) is 13.2 Å². The minimum atomic E-state index is -0.536. The van der Waals surface area contributed by atoms with E-state index in [2.05, 4.69) is 12.1 Å². The lowest BCUT2D eigenvalue weighted by molar-refractivity contribution is 0.0427. The van der Waals surface area contributed by atoms with E-state index in [1.165, 1.54) is 5.56 Å². The molecule has 1 rings (SSSR count). The standard InChI is InChI=1S/C11H17NO2/c12-8-11(13)9-14-7-6-10-4-2-1-3-5-10/h1-5,11,13H,6-9,12H2. The first kappa shape index (κ1) is 11.2. The number of hydrogen-bond acceptors (Lipinski definition) is 3. The largest absolute Gasteiger partial charge is 0.389 e. The molecule has 1 unspecified atom stereocenters. The second-order valence-electron chi connectivity index (χ2n) is 3.20. The van der Waals surface area contributed by atoms with Gasteiger partial charge in [0.15, 0.2) is 0 Å². The SMILES string of the molecule is NCC(O)COCCc1ccccc1. The van der Waals surface area contributed by atoms with Crippen LogP contribution in [0.25, 0.3) is 0 Å². The van der Waals surface area contributed by atoms with Crippen LogP contribution < -0.4 is 5.73 Å². The van der Waals surface area contributed by atoms with Crippen LogP contribution in [0.15, 0.2) is 30.3 Å². The lowest BCUT2D eigenvalue weighted by Crippen LogP contribution is -2.25. The topological polar surface area (TPSA) is 55.5 Å². The zero-order valence-electron chi connectivity index (χ0n) is 8.23. The summed E-state index contributed by atoms with van der Waals surface area (Å²) in [5, 5.41) is 9.11. The van der Waals surface area contributed by atoms with Gasteiger partial charge in [0.25, 0.3) is 0 Å². The third kappa shape index (κ3) is 4.37. The summed E-state index contributed by atoms with van der Waals surface area (Å²) in [6.07, 6.45) is 0.337. The summed E-state index contributed by atoms with van der Waals surface area (Å²) < 4.78 is 5.26. The van der Waals surface area contributed by atoms with E-state index in [1.807, 2.05) is 18.2 Å². The summed E-state index contributed by atoms with van der Waals surface area (Å²) >= 11 is 0. The zero-order chi connectivity index (χ0) is 10.2. The van der Waals surface area contributed by atoms with Crippen molar-refractivity contribution in [2.75, 3.05) is 19.8 Å². The van der Waals surface area contributed by atoms with Crippen molar-refractivity contribution in [3.8, 4) is 0 Å². The average Bonchev–Trinajstić information content (AvgIpc) is 2.25. The Labute approximate surface area is 84.5 Å². The van der Waals surface area contributed by atoms with Gasteiger partial charge in [-0.25, -0.2) is 0 Å². The van der Waals surface area contributed by atoms with Gasteiger partial charge in [0, 0.05) is 6.54 Å². The molecule has 0 heterocycles. The molecule has 0 bridgehead atoms. The van der Waals surface area contributed by atoms with E-state index in [4.69, 9.17) is 15.6 Å². The number of aliphatic hydroxyl groups excluding tert-OH is 1. The minimum Gasteiger partial charge on any atom is -0.389 e. The molecule has 1 aromatic rings. The van der Waals surface area contributed by atoms with Crippen molar-refractivity contribution in [1.29, 1.82) is 0 Å². The smallest absolute Gasteiger partial charge is 0.0895 e. The van der Waals surface area contributed by atoms with Gasteiger partial charge >= 0.3 is 0 Å². The van der Waals surface area contributed by atoms with Gasteiger partial charge in [-0.15, -0.1) is 0 Å². The van der Waals surface area contributed by atoms with E-state index in [9.17, 15) is 0 Å². The van der Waals surface area contributed by atoms with Crippen LogP contribution in [0.2, 0.25) is 0 Å². The van der Waals surface area contributed by atoms with Crippen molar-refractivity contribution >= 4 is 0 Å². The molecule has 78 valence electrons. The van der Waals surface area contributed by atoms with Crippen LogP contribution in [0.1, 0.15) is 5.56 Å². The van der Waals surface area contributed by atoms with Gasteiger partial charge in [-0.2, -0.15) is 0 Å². The Bertz CT molecular complexity index is 238. The summed E-state index contributed by atoms with van der Waals surface area (Å²) in [7, 11) is 0. The Hall–Kier alpha value is -0.900. The summed E-state index contributed by atoms with van der Waals surface area (Å²) in [5.74, 6) is 0. The highest BCUT2D eigenvalue weighted by atomic mass is 16.5. The molecular formula is C11H17NO2. The maximum Gasteiger partial charge on any atom is 0.0895 e. The van der Waals surface area contributed by atoms with Gasteiger partial charge in [-0.1, -0.05) is 30.3 Å². The number of benzene rings is 1. The van der Waals surface area contributed by atoms with Crippen LogP contribution in [-0.4, -0.2) is 31.0 Å². The Morgan fingerprint density at radius 3 is 2.64 bits per heavy atom. The third-order valence-corrected chi connectivity index (χ3v) is 1.96. The van der Waals surface area contributed by atoms with Crippen molar-refractivity contribution in [1.82, 2.24) is 0 Å². The number of nitrogens with two attached hydrogens (primary N) is 1. The van der Waals surface area contributed by atoms with Crippen molar-refractivity contribution in [3.05, 3.63) is 35.9 Å². The lowest BCUT2D eigenvalue weighted by atomic mass is 10.2.